The second kappa shape index (κ2) is 7.34. The molecule has 1 fully saturated rings. The van der Waals surface area contributed by atoms with Crippen LogP contribution in [0.5, 0.6) is 6.01 Å². The predicted molar refractivity (Wildman–Crippen MR) is 92.5 cm³/mol. The second-order valence-corrected chi connectivity index (χ2v) is 6.38. The number of hydrogen-bond acceptors (Lipinski definition) is 5. The SMILES string of the molecule is C[C@H]1CNCCN1c1ccnc(OCc2cc(Cl)cc(Cl)c2)n1. The highest BCUT2D eigenvalue weighted by Gasteiger charge is 2.19. The number of rotatable bonds is 4. The predicted octanol–water partition coefficient (Wildman–Crippen LogP) is 3.16. The normalized spacial score (nSPS) is 18.0. The maximum Gasteiger partial charge on any atom is 0.318 e. The number of nitrogens with one attached hydrogen (secondary N) is 1. The van der Waals surface area contributed by atoms with Crippen molar-refractivity contribution in [3.05, 3.63) is 46.1 Å². The molecule has 2 aromatic rings. The molecule has 1 aliphatic rings. The van der Waals surface area contributed by atoms with Gasteiger partial charge >= 0.3 is 6.01 Å². The molecule has 0 unspecified atom stereocenters. The number of hydrogen-bond donors (Lipinski definition) is 1. The van der Waals surface area contributed by atoms with Gasteiger partial charge < -0.3 is 15.0 Å². The van der Waals surface area contributed by atoms with E-state index in [0.717, 1.165) is 31.0 Å². The van der Waals surface area contributed by atoms with Gasteiger partial charge in [0, 0.05) is 41.9 Å². The van der Waals surface area contributed by atoms with Gasteiger partial charge in [0.25, 0.3) is 0 Å². The van der Waals surface area contributed by atoms with Gasteiger partial charge in [-0.25, -0.2) is 4.98 Å². The molecule has 1 aromatic carbocycles. The van der Waals surface area contributed by atoms with Crippen LogP contribution < -0.4 is 15.0 Å². The number of anilines is 1. The van der Waals surface area contributed by atoms with Gasteiger partial charge in [0.1, 0.15) is 12.4 Å². The molecular weight excluding hydrogens is 335 g/mol. The fourth-order valence-electron chi connectivity index (χ4n) is 2.58. The van der Waals surface area contributed by atoms with Gasteiger partial charge in [-0.1, -0.05) is 23.2 Å². The van der Waals surface area contributed by atoms with E-state index in [0.29, 0.717) is 28.7 Å². The molecule has 1 aliphatic heterocycles. The molecule has 1 aromatic heterocycles. The van der Waals surface area contributed by atoms with Crippen LogP contribution in [0, 0.1) is 0 Å². The third-order valence-corrected chi connectivity index (χ3v) is 4.14. The minimum absolute atomic E-state index is 0.320. The lowest BCUT2D eigenvalue weighted by atomic mass is 10.2. The van der Waals surface area contributed by atoms with Crippen LogP contribution in [0.2, 0.25) is 10.0 Å². The second-order valence-electron chi connectivity index (χ2n) is 5.51. The molecule has 122 valence electrons. The Morgan fingerprint density at radius 1 is 1.30 bits per heavy atom. The van der Waals surface area contributed by atoms with Crippen molar-refractivity contribution in [2.45, 2.75) is 19.6 Å². The molecule has 0 bridgehead atoms. The van der Waals surface area contributed by atoms with E-state index in [2.05, 4.69) is 27.1 Å². The number of nitrogens with zero attached hydrogens (tertiary/aromatic N) is 3. The van der Waals surface area contributed by atoms with Crippen molar-refractivity contribution in [2.24, 2.45) is 0 Å². The Kier molecular flexibility index (Phi) is 5.20. The lowest BCUT2D eigenvalue weighted by molar-refractivity contribution is 0.280. The summed E-state index contributed by atoms with van der Waals surface area (Å²) in [6.45, 7) is 5.30. The molecule has 23 heavy (non-hydrogen) atoms. The van der Waals surface area contributed by atoms with Crippen molar-refractivity contribution in [3.8, 4) is 6.01 Å². The van der Waals surface area contributed by atoms with E-state index in [1.165, 1.54) is 0 Å². The Bertz CT molecular complexity index is 663. The Balaban J connectivity index is 1.70. The van der Waals surface area contributed by atoms with Crippen LogP contribution in [-0.4, -0.2) is 35.6 Å². The summed E-state index contributed by atoms with van der Waals surface area (Å²) in [4.78, 5) is 10.9. The fourth-order valence-corrected chi connectivity index (χ4v) is 3.16. The summed E-state index contributed by atoms with van der Waals surface area (Å²) >= 11 is 12.0. The first-order valence-electron chi connectivity index (χ1n) is 7.50. The first-order chi connectivity index (χ1) is 11.1. The van der Waals surface area contributed by atoms with E-state index in [4.69, 9.17) is 27.9 Å². The zero-order valence-corrected chi connectivity index (χ0v) is 14.3. The summed E-state index contributed by atoms with van der Waals surface area (Å²) in [5.74, 6) is 0.883. The van der Waals surface area contributed by atoms with Gasteiger partial charge in [0.15, 0.2) is 0 Å². The quantitative estimate of drug-likeness (QED) is 0.915. The summed E-state index contributed by atoms with van der Waals surface area (Å²) < 4.78 is 5.69. The van der Waals surface area contributed by atoms with Gasteiger partial charge in [-0.05, 0) is 36.8 Å². The fraction of sp³-hybridized carbons (Fsp3) is 0.375. The number of piperazine rings is 1. The van der Waals surface area contributed by atoms with Crippen LogP contribution in [0.25, 0.3) is 0 Å². The lowest BCUT2D eigenvalue weighted by Crippen LogP contribution is -2.50. The van der Waals surface area contributed by atoms with E-state index >= 15 is 0 Å². The molecule has 2 heterocycles. The first-order valence-corrected chi connectivity index (χ1v) is 8.25. The standard InChI is InChI=1S/C16H18Cl2N4O/c1-11-9-19-4-5-22(11)15-2-3-20-16(21-15)23-10-12-6-13(17)8-14(18)7-12/h2-3,6-8,11,19H,4-5,9-10H2,1H3/t11-/m0/s1. The number of aromatic nitrogens is 2. The van der Waals surface area contributed by atoms with Crippen LogP contribution in [0.4, 0.5) is 5.82 Å². The molecule has 1 N–H and O–H groups in total. The van der Waals surface area contributed by atoms with Crippen molar-refractivity contribution in [1.29, 1.82) is 0 Å². The molecule has 7 heteroatoms. The average molecular weight is 353 g/mol. The van der Waals surface area contributed by atoms with Crippen LogP contribution >= 0.6 is 23.2 Å². The zero-order chi connectivity index (χ0) is 16.2. The topological polar surface area (TPSA) is 50.3 Å². The van der Waals surface area contributed by atoms with Crippen molar-refractivity contribution < 1.29 is 4.74 Å². The number of halogens is 2. The molecule has 1 saturated heterocycles. The molecule has 5 nitrogen and oxygen atoms in total. The molecule has 0 saturated carbocycles. The summed E-state index contributed by atoms with van der Waals surface area (Å²) in [7, 11) is 0. The Morgan fingerprint density at radius 3 is 2.83 bits per heavy atom. The minimum atomic E-state index is 0.320. The summed E-state index contributed by atoms with van der Waals surface area (Å²) in [6, 6.07) is 7.97. The summed E-state index contributed by atoms with van der Waals surface area (Å²) in [6.07, 6.45) is 1.72. The third kappa shape index (κ3) is 4.25. The molecule has 0 amide bonds. The smallest absolute Gasteiger partial charge is 0.318 e. The van der Waals surface area contributed by atoms with E-state index in [1.807, 2.05) is 18.2 Å². The number of ether oxygens (including phenoxy) is 1. The van der Waals surface area contributed by atoms with E-state index < -0.39 is 0 Å². The maximum atomic E-state index is 5.99. The van der Waals surface area contributed by atoms with Crippen LogP contribution in [0.3, 0.4) is 0 Å². The molecular formula is C16H18Cl2N4O. The molecule has 1 atom stereocenters. The van der Waals surface area contributed by atoms with Gasteiger partial charge in [-0.2, -0.15) is 4.98 Å². The Morgan fingerprint density at radius 2 is 2.09 bits per heavy atom. The minimum Gasteiger partial charge on any atom is -0.459 e. The molecule has 3 rings (SSSR count). The van der Waals surface area contributed by atoms with E-state index in [-0.39, 0.29) is 0 Å². The average Bonchev–Trinajstić information content (AvgIpc) is 2.53. The van der Waals surface area contributed by atoms with Crippen molar-refractivity contribution in [3.63, 3.8) is 0 Å². The van der Waals surface area contributed by atoms with Gasteiger partial charge in [0.2, 0.25) is 0 Å². The zero-order valence-electron chi connectivity index (χ0n) is 12.8. The van der Waals surface area contributed by atoms with Gasteiger partial charge in [-0.15, -0.1) is 0 Å². The molecule has 0 spiro atoms. The van der Waals surface area contributed by atoms with Crippen molar-refractivity contribution in [1.82, 2.24) is 15.3 Å². The highest BCUT2D eigenvalue weighted by atomic mass is 35.5. The largest absolute Gasteiger partial charge is 0.459 e. The van der Waals surface area contributed by atoms with Crippen LogP contribution in [0.15, 0.2) is 30.5 Å². The highest BCUT2D eigenvalue weighted by molar-refractivity contribution is 6.34. The maximum absolute atomic E-state index is 5.99. The third-order valence-electron chi connectivity index (χ3n) is 3.70. The summed E-state index contributed by atoms with van der Waals surface area (Å²) in [5.41, 5.74) is 0.882. The van der Waals surface area contributed by atoms with Gasteiger partial charge in [-0.3, -0.25) is 0 Å². The van der Waals surface area contributed by atoms with Crippen LogP contribution in [-0.2, 0) is 6.61 Å². The van der Waals surface area contributed by atoms with Crippen molar-refractivity contribution in [2.75, 3.05) is 24.5 Å². The summed E-state index contributed by atoms with van der Waals surface area (Å²) in [5, 5.41) is 4.53. The van der Waals surface area contributed by atoms with E-state index in [9.17, 15) is 0 Å². The Hall–Kier alpha value is -1.56. The highest BCUT2D eigenvalue weighted by Crippen LogP contribution is 2.21. The monoisotopic (exact) mass is 352 g/mol. The molecule has 0 radical (unpaired) electrons. The molecule has 0 aliphatic carbocycles. The first kappa shape index (κ1) is 16.3. The van der Waals surface area contributed by atoms with E-state index in [1.54, 1.807) is 12.3 Å². The van der Waals surface area contributed by atoms with Crippen molar-refractivity contribution >= 4 is 29.0 Å². The van der Waals surface area contributed by atoms with Gasteiger partial charge in [0.05, 0.1) is 0 Å². The lowest BCUT2D eigenvalue weighted by Gasteiger charge is -2.34. The Labute approximate surface area is 145 Å². The number of benzene rings is 1. The van der Waals surface area contributed by atoms with Crippen LogP contribution in [0.1, 0.15) is 12.5 Å².